The molecule has 1 unspecified atom stereocenters. The summed E-state index contributed by atoms with van der Waals surface area (Å²) < 4.78 is 11.4. The molecule has 2 heterocycles. The summed E-state index contributed by atoms with van der Waals surface area (Å²) in [4.78, 5) is 54.7. The summed E-state index contributed by atoms with van der Waals surface area (Å²) in [6, 6.07) is 16.0. The first kappa shape index (κ1) is 37.2. The van der Waals surface area contributed by atoms with Gasteiger partial charge in [-0.25, -0.2) is 0 Å². The number of amides is 2. The number of likely N-dealkylation sites (N-methyl/N-ethyl adjacent to an activating group) is 1. The van der Waals surface area contributed by atoms with Crippen LogP contribution in [0.5, 0.6) is 0 Å². The SMILES string of the molecule is CCOC(=O)C1(c2ccccc2)CCN(CCCN(C=O)C2=C(COCCN)NC(CC)=C(N(C)C=O)C2c2ccc([N+](=O)[O-])cc2)CC1. The summed E-state index contributed by atoms with van der Waals surface area (Å²) >= 11 is 0. The highest BCUT2D eigenvalue weighted by Crippen LogP contribution is 2.42. The molecule has 0 aliphatic carbocycles. The molecule has 1 saturated heterocycles. The topological polar surface area (TPSA) is 161 Å². The highest BCUT2D eigenvalue weighted by atomic mass is 16.6. The molecule has 2 aliphatic rings. The molecule has 2 aromatic carbocycles. The van der Waals surface area contributed by atoms with Gasteiger partial charge in [0.15, 0.2) is 0 Å². The van der Waals surface area contributed by atoms with Gasteiger partial charge in [0.1, 0.15) is 0 Å². The maximum atomic E-state index is 13.2. The minimum Gasteiger partial charge on any atom is -0.465 e. The molecule has 49 heavy (non-hydrogen) atoms. The van der Waals surface area contributed by atoms with Crippen LogP contribution in [0.15, 0.2) is 77.4 Å². The molecule has 1 atom stereocenters. The Balaban J connectivity index is 1.60. The minimum atomic E-state index is -0.693. The molecule has 0 bridgehead atoms. The molecular formula is C36H48N6O7. The van der Waals surface area contributed by atoms with E-state index in [1.165, 1.54) is 17.0 Å². The van der Waals surface area contributed by atoms with Gasteiger partial charge >= 0.3 is 5.97 Å². The lowest BCUT2D eigenvalue weighted by molar-refractivity contribution is -0.384. The zero-order chi connectivity index (χ0) is 35.4. The Morgan fingerprint density at radius 2 is 1.76 bits per heavy atom. The summed E-state index contributed by atoms with van der Waals surface area (Å²) in [5.41, 5.74) is 9.28. The number of hydrogen-bond acceptors (Lipinski definition) is 10. The van der Waals surface area contributed by atoms with Crippen LogP contribution in [-0.4, -0.2) is 98.0 Å². The van der Waals surface area contributed by atoms with Gasteiger partial charge in [-0.3, -0.25) is 24.5 Å². The minimum absolute atomic E-state index is 0.0623. The predicted molar refractivity (Wildman–Crippen MR) is 185 cm³/mol. The van der Waals surface area contributed by atoms with Gasteiger partial charge in [-0.15, -0.1) is 0 Å². The Bertz CT molecular complexity index is 1500. The van der Waals surface area contributed by atoms with E-state index in [1.807, 2.05) is 44.2 Å². The van der Waals surface area contributed by atoms with Gasteiger partial charge in [-0.2, -0.15) is 0 Å². The van der Waals surface area contributed by atoms with Gasteiger partial charge < -0.3 is 35.2 Å². The highest BCUT2D eigenvalue weighted by molar-refractivity contribution is 5.83. The van der Waals surface area contributed by atoms with Crippen LogP contribution in [0.1, 0.15) is 56.6 Å². The average molecular weight is 677 g/mol. The summed E-state index contributed by atoms with van der Waals surface area (Å²) in [7, 11) is 1.65. The fraction of sp³-hybridized carbons (Fsp3) is 0.472. The van der Waals surface area contributed by atoms with Crippen LogP contribution in [0, 0.1) is 10.1 Å². The first-order chi connectivity index (χ1) is 23.7. The van der Waals surface area contributed by atoms with Crippen molar-refractivity contribution in [2.45, 2.75) is 50.9 Å². The average Bonchev–Trinajstić information content (AvgIpc) is 3.13. The number of likely N-dealkylation sites (tertiary alicyclic amines) is 1. The Labute approximate surface area is 287 Å². The van der Waals surface area contributed by atoms with Crippen LogP contribution in [0.3, 0.4) is 0 Å². The number of nitrogens with zero attached hydrogens (tertiary/aromatic N) is 4. The lowest BCUT2D eigenvalue weighted by Crippen LogP contribution is -2.48. The number of nitro groups is 1. The second-order valence-corrected chi connectivity index (χ2v) is 12.2. The quantitative estimate of drug-likeness (QED) is 0.0785. The monoisotopic (exact) mass is 676 g/mol. The highest BCUT2D eigenvalue weighted by Gasteiger charge is 2.44. The van der Waals surface area contributed by atoms with Gasteiger partial charge in [0.25, 0.3) is 5.69 Å². The largest absolute Gasteiger partial charge is 0.465 e. The number of non-ortho nitro benzene ring substituents is 1. The van der Waals surface area contributed by atoms with Gasteiger partial charge in [-0.1, -0.05) is 49.4 Å². The smallest absolute Gasteiger partial charge is 0.316 e. The van der Waals surface area contributed by atoms with Crippen molar-refractivity contribution in [2.75, 3.05) is 59.6 Å². The molecule has 264 valence electrons. The van der Waals surface area contributed by atoms with E-state index >= 15 is 0 Å². The van der Waals surface area contributed by atoms with Crippen molar-refractivity contribution in [3.8, 4) is 0 Å². The van der Waals surface area contributed by atoms with E-state index in [9.17, 15) is 24.5 Å². The fourth-order valence-electron chi connectivity index (χ4n) is 6.83. The molecule has 2 aromatic rings. The van der Waals surface area contributed by atoms with Crippen LogP contribution in [-0.2, 0) is 29.3 Å². The molecule has 0 radical (unpaired) electrons. The number of piperidine rings is 1. The number of rotatable bonds is 18. The van der Waals surface area contributed by atoms with Crippen LogP contribution < -0.4 is 11.1 Å². The number of carbonyl (C=O) groups excluding carboxylic acids is 3. The predicted octanol–water partition coefficient (Wildman–Crippen LogP) is 3.62. The van der Waals surface area contributed by atoms with Gasteiger partial charge in [0.05, 0.1) is 53.2 Å². The maximum absolute atomic E-state index is 13.2. The first-order valence-corrected chi connectivity index (χ1v) is 16.8. The molecule has 0 saturated carbocycles. The van der Waals surface area contributed by atoms with Crippen LogP contribution in [0.2, 0.25) is 0 Å². The number of esters is 1. The lowest BCUT2D eigenvalue weighted by atomic mass is 9.72. The number of ether oxygens (including phenoxy) is 2. The van der Waals surface area contributed by atoms with E-state index in [0.717, 1.165) is 17.7 Å². The van der Waals surface area contributed by atoms with Crippen molar-refractivity contribution in [3.63, 3.8) is 0 Å². The summed E-state index contributed by atoms with van der Waals surface area (Å²) in [5.74, 6) is -0.790. The second kappa shape index (κ2) is 17.7. The molecule has 3 N–H and O–H groups in total. The van der Waals surface area contributed by atoms with Crippen LogP contribution in [0.4, 0.5) is 5.69 Å². The molecule has 13 nitrogen and oxygen atoms in total. The van der Waals surface area contributed by atoms with E-state index in [4.69, 9.17) is 15.2 Å². The molecule has 2 aliphatic heterocycles. The molecule has 13 heteroatoms. The number of carbonyl (C=O) groups is 3. The molecular weight excluding hydrogens is 628 g/mol. The van der Waals surface area contributed by atoms with E-state index in [0.29, 0.717) is 101 Å². The number of benzene rings is 2. The lowest BCUT2D eigenvalue weighted by Gasteiger charge is -2.41. The number of hydrogen-bond donors (Lipinski definition) is 2. The summed E-state index contributed by atoms with van der Waals surface area (Å²) in [6.45, 7) is 7.31. The Morgan fingerprint density at radius 1 is 1.06 bits per heavy atom. The fourth-order valence-corrected chi connectivity index (χ4v) is 6.83. The van der Waals surface area contributed by atoms with Crippen LogP contribution in [0.25, 0.3) is 0 Å². The van der Waals surface area contributed by atoms with Gasteiger partial charge in [-0.05, 0) is 63.4 Å². The van der Waals surface area contributed by atoms with E-state index < -0.39 is 16.3 Å². The molecule has 0 aromatic heterocycles. The zero-order valence-corrected chi connectivity index (χ0v) is 28.6. The van der Waals surface area contributed by atoms with Crippen molar-refractivity contribution >= 4 is 24.5 Å². The van der Waals surface area contributed by atoms with Crippen molar-refractivity contribution in [2.24, 2.45) is 5.73 Å². The van der Waals surface area contributed by atoms with E-state index in [2.05, 4.69) is 10.2 Å². The number of nitro benzene ring substituents is 1. The van der Waals surface area contributed by atoms with Crippen molar-refractivity contribution in [1.82, 2.24) is 20.0 Å². The molecule has 1 fully saturated rings. The normalized spacial score (nSPS) is 17.7. The third kappa shape index (κ3) is 8.53. The Hall–Kier alpha value is -4.59. The van der Waals surface area contributed by atoms with E-state index in [1.54, 1.807) is 24.1 Å². The number of nitrogens with two attached hydrogens (primary N) is 1. The third-order valence-electron chi connectivity index (χ3n) is 9.32. The van der Waals surface area contributed by atoms with Crippen molar-refractivity contribution < 1.29 is 28.8 Å². The van der Waals surface area contributed by atoms with E-state index in [-0.39, 0.29) is 18.3 Å². The molecule has 4 rings (SSSR count). The molecule has 2 amide bonds. The maximum Gasteiger partial charge on any atom is 0.316 e. The molecule has 0 spiro atoms. The summed E-state index contributed by atoms with van der Waals surface area (Å²) in [6.07, 6.45) is 3.93. The second-order valence-electron chi connectivity index (χ2n) is 12.2. The number of nitrogens with one attached hydrogen (secondary N) is 1. The standard InChI is InChI=1S/C36H48N6O7/c1-4-30-33(39(3)25-43)32(27-12-14-29(15-13-27)42(46)47)34(31(38-30)24-48-23-18-37)41(26-44)20-9-19-40-21-16-36(17-22-40,35(45)49-5-2)28-10-7-6-8-11-28/h6-8,10-15,25-26,32,38H,4-5,9,16-24,37H2,1-3H3. The Morgan fingerprint density at radius 3 is 2.33 bits per heavy atom. The zero-order valence-electron chi connectivity index (χ0n) is 28.6. The van der Waals surface area contributed by atoms with Gasteiger partial charge in [0, 0.05) is 38.0 Å². The first-order valence-electron chi connectivity index (χ1n) is 16.8. The number of dihydropyridines is 1. The number of allylic oxidation sites excluding steroid dienone is 1. The van der Waals surface area contributed by atoms with Crippen LogP contribution >= 0.6 is 0 Å². The van der Waals surface area contributed by atoms with Gasteiger partial charge in [0.2, 0.25) is 12.8 Å². The van der Waals surface area contributed by atoms with Crippen molar-refractivity contribution in [1.29, 1.82) is 0 Å². The summed E-state index contributed by atoms with van der Waals surface area (Å²) in [5, 5.41) is 14.9. The van der Waals surface area contributed by atoms with Crippen molar-refractivity contribution in [3.05, 3.63) is 98.6 Å². The Kier molecular flexibility index (Phi) is 13.5. The third-order valence-corrected chi connectivity index (χ3v) is 9.32.